The van der Waals surface area contributed by atoms with Gasteiger partial charge in [0.05, 0.1) is 29.4 Å². The molecule has 3 aromatic rings. The Labute approximate surface area is 216 Å². The Hall–Kier alpha value is -3.10. The molecule has 0 radical (unpaired) electrons. The summed E-state index contributed by atoms with van der Waals surface area (Å²) in [5.41, 5.74) is 4.34. The van der Waals surface area contributed by atoms with E-state index < -0.39 is 11.6 Å². The van der Waals surface area contributed by atoms with Crippen molar-refractivity contribution in [3.05, 3.63) is 48.3 Å². The van der Waals surface area contributed by atoms with Crippen molar-refractivity contribution in [2.24, 2.45) is 0 Å². The van der Waals surface area contributed by atoms with Gasteiger partial charge in [-0.1, -0.05) is 6.07 Å². The van der Waals surface area contributed by atoms with Crippen molar-refractivity contribution in [3.8, 4) is 17.0 Å². The molecule has 7 nitrogen and oxygen atoms in total. The molecule has 0 aliphatic carbocycles. The Kier molecular flexibility index (Phi) is 6.55. The van der Waals surface area contributed by atoms with Crippen LogP contribution in [-0.2, 0) is 14.9 Å². The lowest BCUT2D eigenvalue weighted by molar-refractivity contribution is -0.126. The van der Waals surface area contributed by atoms with E-state index >= 15 is 0 Å². The number of carbonyl (C=O) groups excluding carboxylic acids is 1. The fourth-order valence-electron chi connectivity index (χ4n) is 6.07. The molecule has 1 spiro atoms. The standard InChI is InChI=1S/C29H33FN4O3/c1-33-25-19-31-24-5-3-20(17-23(24)27(25)29(28(33)35)9-15-36-16-10-29)21-4-6-26(32-18-21)37-14-2-11-34-12-7-22(30)8-13-34/h3-6,17-19,22H,2,7-16H2,1H3. The Bertz CT molecular complexity index is 1280. The smallest absolute Gasteiger partial charge is 0.237 e. The van der Waals surface area contributed by atoms with Gasteiger partial charge in [0, 0.05) is 68.7 Å². The average Bonchev–Trinajstić information content (AvgIpc) is 3.14. The molecule has 3 aliphatic rings. The van der Waals surface area contributed by atoms with E-state index in [1.807, 2.05) is 37.6 Å². The highest BCUT2D eigenvalue weighted by Gasteiger charge is 2.51. The minimum Gasteiger partial charge on any atom is -0.478 e. The fraction of sp³-hybridized carbons (Fsp3) is 0.483. The average molecular weight is 505 g/mol. The second-order valence-electron chi connectivity index (χ2n) is 10.4. The lowest BCUT2D eigenvalue weighted by Crippen LogP contribution is -2.43. The summed E-state index contributed by atoms with van der Waals surface area (Å²) >= 11 is 0. The van der Waals surface area contributed by atoms with Crippen LogP contribution in [0.1, 0.15) is 37.7 Å². The largest absolute Gasteiger partial charge is 0.478 e. The number of halogens is 1. The number of alkyl halides is 1. The minimum atomic E-state index is -0.637. The van der Waals surface area contributed by atoms with Crippen LogP contribution in [0.3, 0.4) is 0 Å². The van der Waals surface area contributed by atoms with Crippen molar-refractivity contribution < 1.29 is 18.7 Å². The van der Waals surface area contributed by atoms with E-state index in [4.69, 9.17) is 9.47 Å². The molecule has 2 fully saturated rings. The summed E-state index contributed by atoms with van der Waals surface area (Å²) in [6.07, 6.45) is 6.57. The van der Waals surface area contributed by atoms with Gasteiger partial charge < -0.3 is 19.3 Å². The Balaban J connectivity index is 1.19. The highest BCUT2D eigenvalue weighted by Crippen LogP contribution is 2.50. The minimum absolute atomic E-state index is 0.139. The van der Waals surface area contributed by atoms with Gasteiger partial charge in [-0.25, -0.2) is 9.37 Å². The topological polar surface area (TPSA) is 67.8 Å². The van der Waals surface area contributed by atoms with Gasteiger partial charge in [-0.3, -0.25) is 9.78 Å². The van der Waals surface area contributed by atoms with Crippen molar-refractivity contribution >= 4 is 22.5 Å². The summed E-state index contributed by atoms with van der Waals surface area (Å²) in [7, 11) is 1.84. The molecular weight excluding hydrogens is 471 g/mol. The van der Waals surface area contributed by atoms with Gasteiger partial charge in [0.15, 0.2) is 0 Å². The van der Waals surface area contributed by atoms with E-state index in [9.17, 15) is 9.18 Å². The molecule has 5 heterocycles. The van der Waals surface area contributed by atoms with Crippen LogP contribution in [0.4, 0.5) is 10.1 Å². The molecule has 0 unspecified atom stereocenters. The number of piperidine rings is 1. The van der Waals surface area contributed by atoms with E-state index in [1.54, 1.807) is 4.90 Å². The number of likely N-dealkylation sites (tertiary alicyclic amines) is 1. The molecule has 0 atom stereocenters. The van der Waals surface area contributed by atoms with E-state index in [-0.39, 0.29) is 5.91 Å². The number of hydrogen-bond donors (Lipinski definition) is 0. The number of amides is 1. The number of ether oxygens (including phenoxy) is 2. The maximum absolute atomic E-state index is 13.4. The van der Waals surface area contributed by atoms with Gasteiger partial charge in [-0.15, -0.1) is 0 Å². The number of pyridine rings is 2. The molecule has 0 N–H and O–H groups in total. The van der Waals surface area contributed by atoms with Crippen LogP contribution >= 0.6 is 0 Å². The molecule has 2 saturated heterocycles. The van der Waals surface area contributed by atoms with Gasteiger partial charge in [-0.05, 0) is 55.9 Å². The Morgan fingerprint density at radius 1 is 1.08 bits per heavy atom. The number of carbonyl (C=O) groups is 1. The van der Waals surface area contributed by atoms with Crippen LogP contribution in [0, 0.1) is 0 Å². The second-order valence-corrected chi connectivity index (χ2v) is 10.4. The molecule has 194 valence electrons. The van der Waals surface area contributed by atoms with Gasteiger partial charge in [0.2, 0.25) is 11.8 Å². The SMILES string of the molecule is CN1C(=O)C2(CCOCC2)c2c1cnc1ccc(-c3ccc(OCCCN4CCC(F)CC4)nc3)cc21. The third kappa shape index (κ3) is 4.46. The van der Waals surface area contributed by atoms with Crippen LogP contribution in [-0.4, -0.2) is 73.4 Å². The van der Waals surface area contributed by atoms with E-state index in [1.165, 1.54) is 0 Å². The number of likely N-dealkylation sites (N-methyl/N-ethyl adjacent to an activating group) is 1. The summed E-state index contributed by atoms with van der Waals surface area (Å²) in [6.45, 7) is 4.35. The van der Waals surface area contributed by atoms with Crippen LogP contribution in [0.2, 0.25) is 0 Å². The fourth-order valence-corrected chi connectivity index (χ4v) is 6.07. The molecule has 8 heteroatoms. The van der Waals surface area contributed by atoms with Gasteiger partial charge in [0.1, 0.15) is 6.17 Å². The first-order chi connectivity index (χ1) is 18.0. The van der Waals surface area contributed by atoms with Gasteiger partial charge in [-0.2, -0.15) is 0 Å². The number of rotatable bonds is 6. The first-order valence-corrected chi connectivity index (χ1v) is 13.3. The molecule has 6 rings (SSSR count). The van der Waals surface area contributed by atoms with Crippen molar-refractivity contribution in [3.63, 3.8) is 0 Å². The molecule has 2 aromatic heterocycles. The molecule has 0 saturated carbocycles. The highest BCUT2D eigenvalue weighted by atomic mass is 19.1. The zero-order chi connectivity index (χ0) is 25.4. The van der Waals surface area contributed by atoms with Crippen LogP contribution in [0.5, 0.6) is 5.88 Å². The number of hydrogen-bond acceptors (Lipinski definition) is 6. The predicted octanol–water partition coefficient (Wildman–Crippen LogP) is 4.52. The van der Waals surface area contributed by atoms with Crippen molar-refractivity contribution in [2.45, 2.75) is 43.7 Å². The van der Waals surface area contributed by atoms with Crippen molar-refractivity contribution in [2.75, 3.05) is 51.4 Å². The molecule has 37 heavy (non-hydrogen) atoms. The number of benzene rings is 1. The molecule has 0 bridgehead atoms. The number of aromatic nitrogens is 2. The van der Waals surface area contributed by atoms with Crippen LogP contribution < -0.4 is 9.64 Å². The summed E-state index contributed by atoms with van der Waals surface area (Å²) in [5, 5.41) is 1.02. The number of anilines is 1. The zero-order valence-corrected chi connectivity index (χ0v) is 21.3. The third-order valence-electron chi connectivity index (χ3n) is 8.20. The lowest BCUT2D eigenvalue weighted by Gasteiger charge is -2.32. The number of nitrogens with zero attached hydrogens (tertiary/aromatic N) is 4. The lowest BCUT2D eigenvalue weighted by atomic mass is 9.74. The summed E-state index contributed by atoms with van der Waals surface area (Å²) in [4.78, 5) is 26.6. The predicted molar refractivity (Wildman–Crippen MR) is 141 cm³/mol. The normalized spacial score (nSPS) is 20.1. The summed E-state index contributed by atoms with van der Waals surface area (Å²) in [5.74, 6) is 0.739. The third-order valence-corrected chi connectivity index (χ3v) is 8.20. The maximum atomic E-state index is 13.4. The Morgan fingerprint density at radius 3 is 2.62 bits per heavy atom. The highest BCUT2D eigenvalue weighted by molar-refractivity contribution is 6.12. The van der Waals surface area contributed by atoms with E-state index in [0.29, 0.717) is 51.4 Å². The quantitative estimate of drug-likeness (QED) is 0.460. The molecule has 1 aromatic carbocycles. The van der Waals surface area contributed by atoms with Crippen molar-refractivity contribution in [1.82, 2.24) is 14.9 Å². The second kappa shape index (κ2) is 9.99. The molecule has 1 amide bonds. The van der Waals surface area contributed by atoms with E-state index in [2.05, 4.69) is 27.0 Å². The molecule has 3 aliphatic heterocycles. The van der Waals surface area contributed by atoms with Gasteiger partial charge >= 0.3 is 0 Å². The van der Waals surface area contributed by atoms with E-state index in [0.717, 1.165) is 59.3 Å². The monoisotopic (exact) mass is 504 g/mol. The molecular formula is C29H33FN4O3. The van der Waals surface area contributed by atoms with Crippen LogP contribution in [0.15, 0.2) is 42.7 Å². The summed E-state index contributed by atoms with van der Waals surface area (Å²) in [6, 6.07) is 10.1. The Morgan fingerprint density at radius 2 is 1.86 bits per heavy atom. The summed E-state index contributed by atoms with van der Waals surface area (Å²) < 4.78 is 24.8. The maximum Gasteiger partial charge on any atom is 0.237 e. The first kappa shape index (κ1) is 24.2. The zero-order valence-electron chi connectivity index (χ0n) is 21.3. The first-order valence-electron chi connectivity index (χ1n) is 13.3. The number of fused-ring (bicyclic) bond motifs is 4. The van der Waals surface area contributed by atoms with Crippen molar-refractivity contribution in [1.29, 1.82) is 0 Å². The van der Waals surface area contributed by atoms with Gasteiger partial charge in [0.25, 0.3) is 0 Å². The van der Waals surface area contributed by atoms with Crippen LogP contribution in [0.25, 0.3) is 22.0 Å².